The molecule has 4 N–H and O–H groups in total. The van der Waals surface area contributed by atoms with E-state index in [4.69, 9.17) is 15.9 Å². The second kappa shape index (κ2) is 8.57. The van der Waals surface area contributed by atoms with E-state index in [9.17, 15) is 9.59 Å². The first-order valence-electron chi connectivity index (χ1n) is 3.26. The molecule has 0 bridgehead atoms. The molecule has 0 fully saturated rings. The fourth-order valence-corrected chi connectivity index (χ4v) is 0.626. The van der Waals surface area contributed by atoms with Crippen LogP contribution in [-0.2, 0) is 9.59 Å². The van der Waals surface area contributed by atoms with Crippen LogP contribution in [0, 0.1) is 0 Å². The van der Waals surface area contributed by atoms with Crippen molar-refractivity contribution in [1.82, 2.24) is 0 Å². The molecule has 1 unspecified atom stereocenters. The molecule has 0 heterocycles. The maximum absolute atomic E-state index is 10.3. The van der Waals surface area contributed by atoms with Gasteiger partial charge in [-0.05, 0) is 6.42 Å². The minimum absolute atomic E-state index is 0. The number of carboxylic acids is 2. The molecular weight excluding hydrogens is 301 g/mol. The van der Waals surface area contributed by atoms with E-state index in [1.54, 1.807) is 0 Å². The first-order chi connectivity index (χ1) is 5.57. The maximum atomic E-state index is 10.3. The van der Waals surface area contributed by atoms with E-state index >= 15 is 0 Å². The number of carboxylic acid groups (broad SMARTS) is 2. The van der Waals surface area contributed by atoms with Gasteiger partial charge in [-0.25, -0.2) is 4.79 Å². The van der Waals surface area contributed by atoms with Gasteiger partial charge in [-0.2, -0.15) is 0 Å². The van der Waals surface area contributed by atoms with E-state index in [-0.39, 0.29) is 64.6 Å². The molecule has 13 heavy (non-hydrogen) atoms. The average molecular weight is 314 g/mol. The molecule has 0 radical (unpaired) electrons. The van der Waals surface area contributed by atoms with Crippen LogP contribution in [0.15, 0.2) is 4.99 Å². The van der Waals surface area contributed by atoms with Gasteiger partial charge in [0.2, 0.25) is 0 Å². The quantitative estimate of drug-likeness (QED) is 0.347. The maximum Gasteiger partial charge on any atom is 2.00 e. The van der Waals surface area contributed by atoms with Gasteiger partial charge in [0, 0.05) is 6.42 Å². The van der Waals surface area contributed by atoms with Gasteiger partial charge in [0.1, 0.15) is 6.04 Å². The molecular formula is C6H12BaN2O4. The Morgan fingerprint density at radius 2 is 2.08 bits per heavy atom. The topological polar surface area (TPSA) is 113 Å². The Hall–Kier alpha value is -0.0186. The number of nitrogens with zero attached hydrogens (tertiary/aromatic N) is 1. The summed E-state index contributed by atoms with van der Waals surface area (Å²) in [7, 11) is 0. The van der Waals surface area contributed by atoms with Crippen molar-refractivity contribution < 1.29 is 22.7 Å². The molecule has 0 spiro atoms. The van der Waals surface area contributed by atoms with Gasteiger partial charge in [-0.15, -0.1) is 0 Å². The summed E-state index contributed by atoms with van der Waals surface area (Å²) in [5.74, 6) is -2.22. The van der Waals surface area contributed by atoms with Gasteiger partial charge in [0.05, 0.1) is 6.34 Å². The molecule has 0 aliphatic rings. The van der Waals surface area contributed by atoms with Crippen molar-refractivity contribution in [2.45, 2.75) is 18.9 Å². The summed E-state index contributed by atoms with van der Waals surface area (Å²) in [6.07, 6.45) is 0.591. The van der Waals surface area contributed by atoms with Gasteiger partial charge in [-0.3, -0.25) is 9.79 Å². The minimum atomic E-state index is -1.17. The van der Waals surface area contributed by atoms with Gasteiger partial charge >= 0.3 is 60.8 Å². The molecule has 0 aliphatic heterocycles. The summed E-state index contributed by atoms with van der Waals surface area (Å²) >= 11 is 0. The Balaban J connectivity index is -0.000000202. The third kappa shape index (κ3) is 8.32. The van der Waals surface area contributed by atoms with Crippen molar-refractivity contribution in [1.29, 1.82) is 0 Å². The number of aliphatic carboxylic acids is 2. The van der Waals surface area contributed by atoms with Crippen LogP contribution in [0.4, 0.5) is 0 Å². The van der Waals surface area contributed by atoms with Crippen LogP contribution in [0.2, 0.25) is 0 Å². The first kappa shape index (κ1) is 15.5. The molecule has 6 nitrogen and oxygen atoms in total. The summed E-state index contributed by atoms with van der Waals surface area (Å²) in [6, 6.07) is -1.05. The van der Waals surface area contributed by atoms with Crippen molar-refractivity contribution in [2.24, 2.45) is 10.7 Å². The van der Waals surface area contributed by atoms with Crippen LogP contribution in [0.1, 0.15) is 15.7 Å². The van der Waals surface area contributed by atoms with Crippen molar-refractivity contribution >= 4 is 67.2 Å². The van der Waals surface area contributed by atoms with Crippen molar-refractivity contribution in [2.75, 3.05) is 0 Å². The molecule has 0 aromatic rings. The molecule has 72 valence electrons. The summed E-state index contributed by atoms with van der Waals surface area (Å²) < 4.78 is 0. The van der Waals surface area contributed by atoms with Crippen LogP contribution in [0.3, 0.4) is 0 Å². The van der Waals surface area contributed by atoms with Gasteiger partial charge in [0.15, 0.2) is 0 Å². The minimum Gasteiger partial charge on any atom is -1.00 e. The molecule has 0 saturated carbocycles. The Bertz CT molecular complexity index is 215. The fraction of sp³-hybridized carbons (Fsp3) is 0.500. The van der Waals surface area contributed by atoms with Gasteiger partial charge < -0.3 is 18.8 Å². The third-order valence-electron chi connectivity index (χ3n) is 1.18. The molecule has 0 aliphatic carbocycles. The van der Waals surface area contributed by atoms with Crippen LogP contribution in [-0.4, -0.2) is 83.4 Å². The number of aliphatic imine (C=N–C) groups is 1. The second-order valence-electron chi connectivity index (χ2n) is 2.08. The van der Waals surface area contributed by atoms with E-state index < -0.39 is 18.0 Å². The van der Waals surface area contributed by atoms with Crippen LogP contribution in [0.25, 0.3) is 0 Å². The summed E-state index contributed by atoms with van der Waals surface area (Å²) in [5.41, 5.74) is 4.87. The van der Waals surface area contributed by atoms with E-state index in [0.717, 1.165) is 6.34 Å². The SMILES string of the molecule is NC=NC(CCC(=O)O)C(=O)O.[Ba+2].[H-].[H-]. The Kier molecular flexibility index (Phi) is 10.2. The van der Waals surface area contributed by atoms with Crippen LogP contribution in [0.5, 0.6) is 0 Å². The number of hydrogen-bond acceptors (Lipinski definition) is 3. The average Bonchev–Trinajstić information content (AvgIpc) is 1.96. The molecule has 0 amide bonds. The zero-order chi connectivity index (χ0) is 9.56. The number of nitrogens with two attached hydrogens (primary N) is 1. The van der Waals surface area contributed by atoms with Gasteiger partial charge in [0.25, 0.3) is 0 Å². The molecule has 0 aromatic carbocycles. The van der Waals surface area contributed by atoms with Gasteiger partial charge in [-0.1, -0.05) is 0 Å². The second-order valence-corrected chi connectivity index (χ2v) is 2.08. The van der Waals surface area contributed by atoms with E-state index in [0.29, 0.717) is 0 Å². The van der Waals surface area contributed by atoms with Crippen molar-refractivity contribution in [3.8, 4) is 0 Å². The molecule has 1 atom stereocenters. The summed E-state index contributed by atoms with van der Waals surface area (Å²) in [6.45, 7) is 0. The molecule has 0 rings (SSSR count). The fourth-order valence-electron chi connectivity index (χ4n) is 0.626. The van der Waals surface area contributed by atoms with Crippen LogP contribution < -0.4 is 5.73 Å². The molecule has 0 aromatic heterocycles. The van der Waals surface area contributed by atoms with E-state index in [1.807, 2.05) is 0 Å². The van der Waals surface area contributed by atoms with Crippen molar-refractivity contribution in [3.05, 3.63) is 0 Å². The normalized spacial score (nSPS) is 12.0. The molecule has 0 saturated heterocycles. The largest absolute Gasteiger partial charge is 2.00 e. The summed E-state index contributed by atoms with van der Waals surface area (Å²) in [4.78, 5) is 23.8. The number of carbonyl (C=O) groups is 2. The standard InChI is InChI=1S/C6H10N2O4.Ba.2H/c7-3-8-4(6(11)12)1-2-5(9)10;;;/h3-4H,1-2H2,(H2,7,8)(H,9,10)(H,11,12);;;/q;+2;2*-1. The number of rotatable bonds is 5. The molecule has 7 heteroatoms. The number of hydrogen-bond donors (Lipinski definition) is 3. The monoisotopic (exact) mass is 314 g/mol. The van der Waals surface area contributed by atoms with E-state index in [2.05, 4.69) is 4.99 Å². The zero-order valence-corrected chi connectivity index (χ0v) is 11.5. The van der Waals surface area contributed by atoms with E-state index in [1.165, 1.54) is 0 Å². The summed E-state index contributed by atoms with van der Waals surface area (Å²) in [5, 5.41) is 16.7. The zero-order valence-electron chi connectivity index (χ0n) is 9.01. The Morgan fingerprint density at radius 3 is 2.38 bits per heavy atom. The smallest absolute Gasteiger partial charge is 1.00 e. The van der Waals surface area contributed by atoms with Crippen molar-refractivity contribution in [3.63, 3.8) is 0 Å². The van der Waals surface area contributed by atoms with Crippen LogP contribution >= 0.6 is 0 Å². The first-order valence-corrected chi connectivity index (χ1v) is 3.26. The Labute approximate surface area is 118 Å². The third-order valence-corrected chi connectivity index (χ3v) is 1.18. The predicted molar refractivity (Wildman–Crippen MR) is 49.0 cm³/mol. The predicted octanol–water partition coefficient (Wildman–Crippen LogP) is -0.864. The Morgan fingerprint density at radius 1 is 1.54 bits per heavy atom.